The molecule has 14 atom stereocenters. The van der Waals surface area contributed by atoms with Crippen molar-refractivity contribution in [3.63, 3.8) is 0 Å². The fourth-order valence-electron chi connectivity index (χ4n) is 10.3. The van der Waals surface area contributed by atoms with Crippen LogP contribution in [-0.4, -0.2) is 130 Å². The normalized spacial score (nSPS) is 37.0. The van der Waals surface area contributed by atoms with Crippen molar-refractivity contribution in [3.05, 3.63) is 64.8 Å². The molecule has 0 spiro atoms. The summed E-state index contributed by atoms with van der Waals surface area (Å²) >= 11 is 0. The number of aromatic carboxylic acids is 1. The lowest BCUT2D eigenvalue weighted by Crippen LogP contribution is -2.63. The molecule has 1 aromatic rings. The maximum absolute atomic E-state index is 14.5. The number of carbonyl (C=O) groups excluding carboxylic acids is 5. The van der Waals surface area contributed by atoms with E-state index in [-0.39, 0.29) is 55.4 Å². The zero-order chi connectivity index (χ0) is 48.5. The third-order valence-electron chi connectivity index (χ3n) is 14.3. The fraction of sp³-hybridized carbons (Fsp3) is 0.647. The van der Waals surface area contributed by atoms with Crippen molar-refractivity contribution >= 4 is 41.8 Å². The van der Waals surface area contributed by atoms with E-state index in [2.05, 4.69) is 0 Å². The van der Waals surface area contributed by atoms with Gasteiger partial charge in [0.25, 0.3) is 11.7 Å². The summed E-state index contributed by atoms with van der Waals surface area (Å²) in [6.07, 6.45) is 6.52. The predicted octanol–water partition coefficient (Wildman–Crippen LogP) is 5.66. The van der Waals surface area contributed by atoms with Gasteiger partial charge in [0.15, 0.2) is 0 Å². The molecule has 5 rings (SSSR count). The van der Waals surface area contributed by atoms with Crippen LogP contribution < -0.4 is 0 Å². The van der Waals surface area contributed by atoms with Crippen molar-refractivity contribution in [1.29, 1.82) is 0 Å². The quantitative estimate of drug-likeness (QED) is 0.102. The molecule has 0 unspecified atom stereocenters. The van der Waals surface area contributed by atoms with Crippen LogP contribution in [0.2, 0.25) is 0 Å². The minimum atomic E-state index is -2.63. The lowest BCUT2D eigenvalue weighted by molar-refractivity contribution is -0.287. The molecule has 66 heavy (non-hydrogen) atoms. The number of ketones is 2. The van der Waals surface area contributed by atoms with E-state index >= 15 is 0 Å². The van der Waals surface area contributed by atoms with Crippen LogP contribution in [0.4, 0.5) is 0 Å². The molecule has 1 aliphatic carbocycles. The van der Waals surface area contributed by atoms with Gasteiger partial charge in [0.1, 0.15) is 24.2 Å². The number of ether oxygens (including phenoxy) is 4. The highest BCUT2D eigenvalue weighted by atomic mass is 16.7. The van der Waals surface area contributed by atoms with E-state index in [1.807, 2.05) is 32.1 Å². The van der Waals surface area contributed by atoms with E-state index in [0.717, 1.165) is 16.0 Å². The van der Waals surface area contributed by atoms with Crippen LogP contribution >= 0.6 is 0 Å². The number of hydrogen-bond acceptors (Lipinski definition) is 13. The van der Waals surface area contributed by atoms with Crippen molar-refractivity contribution in [3.8, 4) is 0 Å². The van der Waals surface area contributed by atoms with Gasteiger partial charge >= 0.3 is 11.9 Å². The predicted molar refractivity (Wildman–Crippen MR) is 244 cm³/mol. The van der Waals surface area contributed by atoms with Gasteiger partial charge in [-0.05, 0) is 113 Å². The Hall–Kier alpha value is -4.38. The molecule has 1 saturated carbocycles. The standard InChI is InChI=1S/C51H71NO14/c1-29-21-30(2)23-44(64-7)46-38(28-53)25-32(4)51(62,66-46)47(57)48(58)52-20-9-8-13-39(52)50(61)65-45(31(3)24-35-16-19-40(54)43(26-35)63-6)33(5)41(55)27-42(56)37(22-29)12-10-11-34-14-17-36(18-15-34)49(59)60/h10-11,14-15,17-18,22,24,28,30,32-33,35,37-41,43-46,54-55,62H,8-9,12-13,16,19-21,23,25-27H2,1-7H3,(H,59,60)/b11-10+,29-22+,31-24+/t30-,32+,33+,35-,37+,38+,39-,40+,41-,43+,44-,45+,46-,51+/m0/s1. The lowest BCUT2D eigenvalue weighted by atomic mass is 9.78. The van der Waals surface area contributed by atoms with Gasteiger partial charge < -0.3 is 49.1 Å². The SMILES string of the molecule is CO[C@H]1C[C@@H](C)C/C(C)=C/[C@@H](C/C=C/c2ccc(C(=O)O)cc2)C(=O)C[C@H](O)[C@@H](C)[C@@H](/C(C)=C/[C@@H]2CC[C@@H](O)[C@H](OC)C2)OC(=O)[C@@H]2CCCCN2C(=O)C(=O)[C@]2(O)O[C@H]1[C@@H](C=O)C[C@H]2C. The number of carbonyl (C=O) groups is 6. The van der Waals surface area contributed by atoms with E-state index in [4.69, 9.17) is 18.9 Å². The number of aldehydes is 1. The molecule has 4 aliphatic rings. The zero-order valence-corrected chi connectivity index (χ0v) is 39.5. The number of methoxy groups -OCH3 is 2. The Bertz CT molecular complexity index is 1980. The molecule has 3 heterocycles. The molecule has 0 radical (unpaired) electrons. The van der Waals surface area contributed by atoms with Crippen LogP contribution in [0.1, 0.15) is 121 Å². The maximum atomic E-state index is 14.5. The number of piperidine rings is 1. The molecular formula is C51H71NO14. The molecule has 1 amide bonds. The minimum absolute atomic E-state index is 0.0260. The Kier molecular flexibility index (Phi) is 18.8. The minimum Gasteiger partial charge on any atom is -0.478 e. The molecule has 3 aliphatic heterocycles. The number of rotatable bonds is 9. The van der Waals surface area contributed by atoms with Gasteiger partial charge in [-0.2, -0.15) is 0 Å². The molecular weight excluding hydrogens is 851 g/mol. The number of cyclic esters (lactones) is 1. The van der Waals surface area contributed by atoms with Crippen LogP contribution in [0.25, 0.3) is 6.08 Å². The van der Waals surface area contributed by atoms with Gasteiger partial charge in [0, 0.05) is 50.9 Å². The van der Waals surface area contributed by atoms with E-state index in [1.165, 1.54) is 33.3 Å². The second kappa shape index (κ2) is 23.6. The molecule has 0 aromatic heterocycles. The first kappa shape index (κ1) is 52.6. The first-order valence-electron chi connectivity index (χ1n) is 23.5. The number of fused-ring (bicyclic) bond motifs is 3. The van der Waals surface area contributed by atoms with Gasteiger partial charge in [0.2, 0.25) is 5.79 Å². The Morgan fingerprint density at radius 2 is 1.62 bits per heavy atom. The highest BCUT2D eigenvalue weighted by Gasteiger charge is 2.56. The smallest absolute Gasteiger partial charge is 0.335 e. The second-order valence-corrected chi connectivity index (χ2v) is 19.3. The molecule has 3 fully saturated rings. The summed E-state index contributed by atoms with van der Waals surface area (Å²) in [5.74, 6) is -10.6. The number of amides is 1. The van der Waals surface area contributed by atoms with Gasteiger partial charge in [-0.1, -0.05) is 62.8 Å². The largest absolute Gasteiger partial charge is 0.478 e. The topological polar surface area (TPSA) is 223 Å². The van der Waals surface area contributed by atoms with E-state index in [0.29, 0.717) is 56.8 Å². The zero-order valence-electron chi connectivity index (χ0n) is 39.5. The number of aliphatic hydroxyl groups is 3. The number of carboxylic acids is 1. The number of allylic oxidation sites excluding steroid dienone is 4. The maximum Gasteiger partial charge on any atom is 0.335 e. The number of esters is 1. The Morgan fingerprint density at radius 1 is 0.924 bits per heavy atom. The summed E-state index contributed by atoms with van der Waals surface area (Å²) in [5, 5.41) is 43.9. The number of Topliss-reactive ketones (excluding diaryl/α,β-unsaturated/α-hetero) is 2. The molecule has 15 nitrogen and oxygen atoms in total. The van der Waals surface area contributed by atoms with Gasteiger partial charge in [-0.25, -0.2) is 9.59 Å². The number of carboxylic acid groups (broad SMARTS) is 1. The third kappa shape index (κ3) is 12.8. The summed E-state index contributed by atoms with van der Waals surface area (Å²) in [6, 6.07) is 5.12. The number of benzene rings is 1. The third-order valence-corrected chi connectivity index (χ3v) is 14.3. The molecule has 364 valence electrons. The van der Waals surface area contributed by atoms with E-state index in [9.17, 15) is 49.2 Å². The first-order chi connectivity index (χ1) is 31.3. The highest BCUT2D eigenvalue weighted by molar-refractivity contribution is 6.39. The van der Waals surface area contributed by atoms with Crippen molar-refractivity contribution < 1.29 is 68.1 Å². The lowest BCUT2D eigenvalue weighted by Gasteiger charge is -2.46. The molecule has 2 saturated heterocycles. The van der Waals surface area contributed by atoms with Crippen molar-refractivity contribution in [1.82, 2.24) is 4.90 Å². The number of aliphatic hydroxyl groups excluding tert-OH is 2. The summed E-state index contributed by atoms with van der Waals surface area (Å²) in [5.41, 5.74) is 2.34. The average Bonchev–Trinajstić information content (AvgIpc) is 3.29. The first-order valence-corrected chi connectivity index (χ1v) is 23.5. The Labute approximate surface area is 388 Å². The molecule has 2 bridgehead atoms. The van der Waals surface area contributed by atoms with Crippen molar-refractivity contribution in [2.45, 2.75) is 154 Å². The summed E-state index contributed by atoms with van der Waals surface area (Å²) in [6.45, 7) is 8.91. The van der Waals surface area contributed by atoms with Crippen molar-refractivity contribution in [2.24, 2.45) is 35.5 Å². The monoisotopic (exact) mass is 921 g/mol. The molecule has 15 heteroatoms. The van der Waals surface area contributed by atoms with E-state index in [1.54, 1.807) is 32.1 Å². The Morgan fingerprint density at radius 3 is 2.27 bits per heavy atom. The van der Waals surface area contributed by atoms with Crippen molar-refractivity contribution in [2.75, 3.05) is 20.8 Å². The molecule has 4 N–H and O–H groups in total. The van der Waals surface area contributed by atoms with Crippen LogP contribution in [0.15, 0.2) is 53.6 Å². The summed E-state index contributed by atoms with van der Waals surface area (Å²) < 4.78 is 23.9. The number of nitrogens with zero attached hydrogens (tertiary/aromatic N) is 1. The summed E-state index contributed by atoms with van der Waals surface area (Å²) in [4.78, 5) is 82.5. The van der Waals surface area contributed by atoms with Gasteiger partial charge in [-0.15, -0.1) is 0 Å². The molecule has 1 aromatic carbocycles. The average molecular weight is 922 g/mol. The van der Waals surface area contributed by atoms with E-state index < -0.39 is 95.8 Å². The second-order valence-electron chi connectivity index (χ2n) is 19.3. The van der Waals surface area contributed by atoms with Gasteiger partial charge in [-0.3, -0.25) is 14.4 Å². The Balaban J connectivity index is 1.55. The van der Waals surface area contributed by atoms with Crippen LogP contribution in [0.5, 0.6) is 0 Å². The van der Waals surface area contributed by atoms with Crippen LogP contribution in [0, 0.1) is 35.5 Å². The van der Waals surface area contributed by atoms with Gasteiger partial charge in [0.05, 0.1) is 36.1 Å². The fourth-order valence-corrected chi connectivity index (χ4v) is 10.3. The van der Waals surface area contributed by atoms with Crippen LogP contribution in [-0.2, 0) is 42.9 Å². The number of hydrogen-bond donors (Lipinski definition) is 4. The van der Waals surface area contributed by atoms with Crippen LogP contribution in [0.3, 0.4) is 0 Å². The summed E-state index contributed by atoms with van der Waals surface area (Å²) in [7, 11) is 2.99. The highest BCUT2D eigenvalue weighted by Crippen LogP contribution is 2.40.